The Hall–Kier alpha value is -0.910. The van der Waals surface area contributed by atoms with Crippen LogP contribution in [0.3, 0.4) is 0 Å². The summed E-state index contributed by atoms with van der Waals surface area (Å²) in [6.45, 7) is 2.05. The fourth-order valence-electron chi connectivity index (χ4n) is 1.10. The van der Waals surface area contributed by atoms with Crippen molar-refractivity contribution in [3.8, 4) is 10.6 Å². The van der Waals surface area contributed by atoms with Gasteiger partial charge in [0.05, 0.1) is 10.6 Å². The molecule has 0 aliphatic carbocycles. The highest BCUT2D eigenvalue weighted by molar-refractivity contribution is 7.17. The van der Waals surface area contributed by atoms with Crippen LogP contribution in [0.2, 0.25) is 0 Å². The zero-order chi connectivity index (χ0) is 9.26. The summed E-state index contributed by atoms with van der Waals surface area (Å²) >= 11 is 3.26. The second-order valence-corrected chi connectivity index (χ2v) is 4.70. The van der Waals surface area contributed by atoms with Crippen molar-refractivity contribution in [2.24, 2.45) is 5.84 Å². The molecule has 0 saturated carbocycles. The monoisotopic (exact) mass is 211 g/mol. The number of nitrogen functional groups attached to an aromatic ring is 1. The first kappa shape index (κ1) is 8.68. The fourth-order valence-corrected chi connectivity index (χ4v) is 2.67. The van der Waals surface area contributed by atoms with E-state index in [1.807, 2.05) is 18.4 Å². The van der Waals surface area contributed by atoms with Crippen molar-refractivity contribution in [3.05, 3.63) is 22.4 Å². The first-order valence-corrected chi connectivity index (χ1v) is 5.49. The Balaban J connectivity index is 2.46. The van der Waals surface area contributed by atoms with Gasteiger partial charge in [0.2, 0.25) is 0 Å². The lowest BCUT2D eigenvalue weighted by molar-refractivity contribution is 1.29. The maximum atomic E-state index is 5.29. The minimum absolute atomic E-state index is 0.765. The molecule has 2 aromatic heterocycles. The zero-order valence-electron chi connectivity index (χ0n) is 7.07. The molecule has 2 rings (SSSR count). The first-order chi connectivity index (χ1) is 6.31. The van der Waals surface area contributed by atoms with Gasteiger partial charge in [0.1, 0.15) is 0 Å². The van der Waals surface area contributed by atoms with Crippen LogP contribution in [0.25, 0.3) is 10.6 Å². The second kappa shape index (κ2) is 3.45. The SMILES string of the molecule is Cc1sc(NN)nc1-c1cccs1. The molecule has 3 N–H and O–H groups in total. The summed E-state index contributed by atoms with van der Waals surface area (Å²) < 4.78 is 0. The Morgan fingerprint density at radius 2 is 2.38 bits per heavy atom. The summed E-state index contributed by atoms with van der Waals surface area (Å²) in [6.07, 6.45) is 0. The van der Waals surface area contributed by atoms with Gasteiger partial charge >= 0.3 is 0 Å². The molecule has 0 amide bonds. The molecule has 0 atom stereocenters. The van der Waals surface area contributed by atoms with E-state index >= 15 is 0 Å². The molecular formula is C8H9N3S2. The topological polar surface area (TPSA) is 50.9 Å². The van der Waals surface area contributed by atoms with Crippen molar-refractivity contribution in [2.45, 2.75) is 6.92 Å². The number of hydrogen-bond acceptors (Lipinski definition) is 5. The van der Waals surface area contributed by atoms with E-state index in [-0.39, 0.29) is 0 Å². The lowest BCUT2D eigenvalue weighted by atomic mass is 10.3. The van der Waals surface area contributed by atoms with Gasteiger partial charge in [-0.1, -0.05) is 6.07 Å². The molecule has 0 radical (unpaired) electrons. The lowest BCUT2D eigenvalue weighted by Gasteiger charge is -1.90. The van der Waals surface area contributed by atoms with Gasteiger partial charge in [0.25, 0.3) is 0 Å². The van der Waals surface area contributed by atoms with Crippen LogP contribution in [0, 0.1) is 6.92 Å². The summed E-state index contributed by atoms with van der Waals surface area (Å²) in [7, 11) is 0. The van der Waals surface area contributed by atoms with E-state index in [2.05, 4.69) is 16.5 Å². The van der Waals surface area contributed by atoms with Crippen LogP contribution in [0.1, 0.15) is 4.88 Å². The minimum Gasteiger partial charge on any atom is -0.300 e. The maximum Gasteiger partial charge on any atom is 0.197 e. The third kappa shape index (κ3) is 1.58. The Labute approximate surface area is 84.2 Å². The third-order valence-electron chi connectivity index (χ3n) is 1.67. The maximum absolute atomic E-state index is 5.29. The number of thiazole rings is 1. The number of rotatable bonds is 2. The zero-order valence-corrected chi connectivity index (χ0v) is 8.71. The molecule has 0 spiro atoms. The molecule has 0 bridgehead atoms. The van der Waals surface area contributed by atoms with Crippen molar-refractivity contribution in [1.29, 1.82) is 0 Å². The molecule has 68 valence electrons. The van der Waals surface area contributed by atoms with Gasteiger partial charge in [0, 0.05) is 4.88 Å². The largest absolute Gasteiger partial charge is 0.300 e. The van der Waals surface area contributed by atoms with E-state index in [0.717, 1.165) is 10.8 Å². The first-order valence-electron chi connectivity index (χ1n) is 3.79. The smallest absolute Gasteiger partial charge is 0.197 e. The standard InChI is InChI=1S/C8H9N3S2/c1-5-7(6-3-2-4-12-6)10-8(11-9)13-5/h2-4H,9H2,1H3,(H,10,11). The Morgan fingerprint density at radius 3 is 2.92 bits per heavy atom. The van der Waals surface area contributed by atoms with E-state index in [0.29, 0.717) is 0 Å². The summed E-state index contributed by atoms with van der Waals surface area (Å²) in [6, 6.07) is 4.08. The number of nitrogens with two attached hydrogens (primary N) is 1. The molecule has 0 unspecified atom stereocenters. The average Bonchev–Trinajstić information content (AvgIpc) is 2.72. The number of nitrogens with one attached hydrogen (secondary N) is 1. The Kier molecular flexibility index (Phi) is 2.30. The van der Waals surface area contributed by atoms with E-state index in [1.54, 1.807) is 22.7 Å². The Morgan fingerprint density at radius 1 is 1.54 bits per heavy atom. The van der Waals surface area contributed by atoms with Gasteiger partial charge < -0.3 is 0 Å². The van der Waals surface area contributed by atoms with E-state index in [4.69, 9.17) is 5.84 Å². The summed E-state index contributed by atoms with van der Waals surface area (Å²) in [5.74, 6) is 5.29. The lowest BCUT2D eigenvalue weighted by Crippen LogP contribution is -2.05. The van der Waals surface area contributed by atoms with Crippen LogP contribution < -0.4 is 11.3 Å². The number of nitrogens with zero attached hydrogens (tertiary/aromatic N) is 1. The van der Waals surface area contributed by atoms with Crippen LogP contribution in [0.4, 0.5) is 5.13 Å². The normalized spacial score (nSPS) is 10.3. The van der Waals surface area contributed by atoms with Gasteiger partial charge in [-0.3, -0.25) is 5.43 Å². The van der Waals surface area contributed by atoms with Gasteiger partial charge in [-0.05, 0) is 18.4 Å². The van der Waals surface area contributed by atoms with Crippen LogP contribution in [-0.4, -0.2) is 4.98 Å². The molecule has 0 fully saturated rings. The van der Waals surface area contributed by atoms with Gasteiger partial charge in [-0.15, -0.1) is 22.7 Å². The van der Waals surface area contributed by atoms with E-state index in [1.165, 1.54) is 9.75 Å². The van der Waals surface area contributed by atoms with Crippen LogP contribution >= 0.6 is 22.7 Å². The predicted molar refractivity (Wildman–Crippen MR) is 58.0 cm³/mol. The van der Waals surface area contributed by atoms with Crippen molar-refractivity contribution < 1.29 is 0 Å². The van der Waals surface area contributed by atoms with Crippen molar-refractivity contribution >= 4 is 27.8 Å². The number of aryl methyl sites for hydroxylation is 1. The molecule has 0 saturated heterocycles. The highest BCUT2D eigenvalue weighted by Gasteiger charge is 2.09. The number of hydrazine groups is 1. The molecule has 2 heterocycles. The quantitative estimate of drug-likeness (QED) is 0.592. The third-order valence-corrected chi connectivity index (χ3v) is 3.45. The van der Waals surface area contributed by atoms with Crippen LogP contribution in [0.15, 0.2) is 17.5 Å². The predicted octanol–water partition coefficient (Wildman–Crippen LogP) is 2.47. The second-order valence-electron chi connectivity index (χ2n) is 2.55. The summed E-state index contributed by atoms with van der Waals surface area (Å²) in [4.78, 5) is 6.74. The minimum atomic E-state index is 0.765. The van der Waals surface area contributed by atoms with E-state index < -0.39 is 0 Å². The van der Waals surface area contributed by atoms with Gasteiger partial charge in [-0.25, -0.2) is 10.8 Å². The molecule has 2 aromatic rings. The van der Waals surface area contributed by atoms with E-state index in [9.17, 15) is 0 Å². The molecule has 5 heteroatoms. The van der Waals surface area contributed by atoms with Crippen molar-refractivity contribution in [2.75, 3.05) is 5.43 Å². The number of thiophene rings is 1. The number of hydrogen-bond donors (Lipinski definition) is 2. The van der Waals surface area contributed by atoms with Crippen LogP contribution in [0.5, 0.6) is 0 Å². The highest BCUT2D eigenvalue weighted by atomic mass is 32.1. The highest BCUT2D eigenvalue weighted by Crippen LogP contribution is 2.32. The average molecular weight is 211 g/mol. The van der Waals surface area contributed by atoms with Crippen molar-refractivity contribution in [3.63, 3.8) is 0 Å². The molecule has 0 aliphatic rings. The van der Waals surface area contributed by atoms with Crippen LogP contribution in [-0.2, 0) is 0 Å². The molecule has 3 nitrogen and oxygen atoms in total. The van der Waals surface area contributed by atoms with Crippen molar-refractivity contribution in [1.82, 2.24) is 4.98 Å². The fraction of sp³-hybridized carbons (Fsp3) is 0.125. The Bertz CT molecular complexity index is 391. The summed E-state index contributed by atoms with van der Waals surface area (Å²) in [5, 5.41) is 2.81. The molecule has 0 aromatic carbocycles. The molecule has 13 heavy (non-hydrogen) atoms. The molecule has 0 aliphatic heterocycles. The molecular weight excluding hydrogens is 202 g/mol. The number of anilines is 1. The van der Waals surface area contributed by atoms with Gasteiger partial charge in [-0.2, -0.15) is 0 Å². The van der Waals surface area contributed by atoms with Gasteiger partial charge in [0.15, 0.2) is 5.13 Å². The summed E-state index contributed by atoms with van der Waals surface area (Å²) in [5.41, 5.74) is 3.60. The number of aromatic nitrogens is 1.